The van der Waals surface area contributed by atoms with E-state index >= 15 is 0 Å². The van der Waals surface area contributed by atoms with Crippen LogP contribution in [0.5, 0.6) is 0 Å². The van der Waals surface area contributed by atoms with Gasteiger partial charge in [-0.2, -0.15) is 0 Å². The molecule has 0 amide bonds. The molecule has 0 unspecified atom stereocenters. The van der Waals surface area contributed by atoms with E-state index in [0.717, 1.165) is 5.69 Å². The molecular formula is C11H20N4O. The average molecular weight is 224 g/mol. The van der Waals surface area contributed by atoms with Crippen LogP contribution < -0.4 is 16.6 Å². The normalized spacial score (nSPS) is 12.4. The highest BCUT2D eigenvalue weighted by atomic mass is 16.3. The summed E-state index contributed by atoms with van der Waals surface area (Å²) in [5.74, 6) is 5.86. The number of nitrogens with one attached hydrogen (secondary N) is 2. The second-order valence-electron chi connectivity index (χ2n) is 4.88. The van der Waals surface area contributed by atoms with Crippen molar-refractivity contribution in [1.29, 1.82) is 0 Å². The van der Waals surface area contributed by atoms with E-state index < -0.39 is 11.1 Å². The van der Waals surface area contributed by atoms with Crippen LogP contribution in [0.2, 0.25) is 0 Å². The second-order valence-corrected chi connectivity index (χ2v) is 4.88. The number of hydrogen-bond donors (Lipinski definition) is 4. The molecule has 0 aliphatic heterocycles. The summed E-state index contributed by atoms with van der Waals surface area (Å²) in [7, 11) is 0. The first-order chi connectivity index (χ1) is 7.26. The molecule has 16 heavy (non-hydrogen) atoms. The lowest BCUT2D eigenvalue weighted by Gasteiger charge is -2.38. The van der Waals surface area contributed by atoms with Crippen molar-refractivity contribution in [3.05, 3.63) is 18.3 Å². The summed E-state index contributed by atoms with van der Waals surface area (Å²) in [6.45, 7) is 7.40. The molecule has 0 atom stereocenters. The van der Waals surface area contributed by atoms with Crippen molar-refractivity contribution < 1.29 is 5.11 Å². The Labute approximate surface area is 96.0 Å². The van der Waals surface area contributed by atoms with E-state index in [1.54, 1.807) is 26.1 Å². The molecule has 0 aromatic carbocycles. The molecule has 1 aromatic rings. The lowest BCUT2D eigenvalue weighted by atomic mass is 9.86. The number of nitrogens with two attached hydrogens (primary N) is 1. The van der Waals surface area contributed by atoms with Crippen LogP contribution in [-0.4, -0.2) is 21.2 Å². The van der Waals surface area contributed by atoms with Crippen molar-refractivity contribution in [1.82, 2.24) is 4.98 Å². The van der Waals surface area contributed by atoms with E-state index in [1.165, 1.54) is 0 Å². The number of nitrogen functional groups attached to an aromatic ring is 1. The van der Waals surface area contributed by atoms with Gasteiger partial charge in [0.2, 0.25) is 0 Å². The van der Waals surface area contributed by atoms with Gasteiger partial charge in [0.1, 0.15) is 5.82 Å². The number of pyridine rings is 1. The second kappa shape index (κ2) is 4.27. The lowest BCUT2D eigenvalue weighted by Crippen LogP contribution is -2.51. The highest BCUT2D eigenvalue weighted by Crippen LogP contribution is 2.26. The summed E-state index contributed by atoms with van der Waals surface area (Å²) in [6.07, 6.45) is 1.65. The minimum atomic E-state index is -0.841. The molecule has 0 saturated carbocycles. The molecule has 0 aliphatic carbocycles. The molecule has 0 saturated heterocycles. The van der Waals surface area contributed by atoms with Crippen molar-refractivity contribution >= 4 is 11.5 Å². The molecule has 5 N–H and O–H groups in total. The molecular weight excluding hydrogens is 204 g/mol. The quantitative estimate of drug-likeness (QED) is 0.458. The van der Waals surface area contributed by atoms with E-state index in [-0.39, 0.29) is 0 Å². The summed E-state index contributed by atoms with van der Waals surface area (Å²) < 4.78 is 0. The Morgan fingerprint density at radius 2 is 1.94 bits per heavy atom. The van der Waals surface area contributed by atoms with E-state index in [0.29, 0.717) is 5.82 Å². The van der Waals surface area contributed by atoms with Crippen LogP contribution in [0.3, 0.4) is 0 Å². The van der Waals surface area contributed by atoms with Gasteiger partial charge < -0.3 is 15.8 Å². The number of aromatic nitrogens is 1. The summed E-state index contributed by atoms with van der Waals surface area (Å²) in [5.41, 5.74) is 2.04. The minimum Gasteiger partial charge on any atom is -0.388 e. The highest BCUT2D eigenvalue weighted by Gasteiger charge is 2.34. The summed E-state index contributed by atoms with van der Waals surface area (Å²) in [6, 6.07) is 3.61. The largest absolute Gasteiger partial charge is 0.388 e. The van der Waals surface area contributed by atoms with E-state index in [9.17, 15) is 5.11 Å². The molecule has 1 rings (SSSR count). The van der Waals surface area contributed by atoms with Crippen LogP contribution in [-0.2, 0) is 0 Å². The zero-order valence-electron chi connectivity index (χ0n) is 10.2. The third-order valence-electron chi connectivity index (χ3n) is 2.89. The smallest absolute Gasteiger partial charge is 0.141 e. The van der Waals surface area contributed by atoms with Gasteiger partial charge in [0.15, 0.2) is 0 Å². The molecule has 90 valence electrons. The molecule has 0 fully saturated rings. The van der Waals surface area contributed by atoms with Gasteiger partial charge in [0, 0.05) is 18.0 Å². The fourth-order valence-corrected chi connectivity index (χ4v) is 1.10. The minimum absolute atomic E-state index is 0.458. The van der Waals surface area contributed by atoms with Crippen molar-refractivity contribution in [2.75, 3.05) is 10.7 Å². The average Bonchev–Trinajstić information content (AvgIpc) is 2.15. The number of rotatable bonds is 4. The van der Waals surface area contributed by atoms with Crippen LogP contribution in [0, 0.1) is 0 Å². The molecule has 5 nitrogen and oxygen atoms in total. The first-order valence-electron chi connectivity index (χ1n) is 5.19. The predicted octanol–water partition coefficient (Wildman–Crippen LogP) is 1.33. The number of anilines is 2. The van der Waals surface area contributed by atoms with Crippen LogP contribution in [0.15, 0.2) is 18.3 Å². The Morgan fingerprint density at radius 1 is 1.31 bits per heavy atom. The van der Waals surface area contributed by atoms with Gasteiger partial charge in [-0.3, -0.25) is 0 Å². The Hall–Kier alpha value is -1.33. The maximum Gasteiger partial charge on any atom is 0.141 e. The monoisotopic (exact) mass is 224 g/mol. The topological polar surface area (TPSA) is 83.2 Å². The van der Waals surface area contributed by atoms with Crippen molar-refractivity contribution in [2.45, 2.75) is 38.8 Å². The standard InChI is InChI=1S/C11H20N4O/c1-10(2,11(3,4)16)14-8-5-6-13-9(7-8)15-12/h5-7,16H,12H2,1-4H3,(H2,13,14,15). The maximum absolute atomic E-state index is 10.0. The van der Waals surface area contributed by atoms with E-state index in [2.05, 4.69) is 15.7 Å². The Bertz CT molecular complexity index is 357. The van der Waals surface area contributed by atoms with Gasteiger partial charge in [-0.05, 0) is 33.8 Å². The number of hydrogen-bond acceptors (Lipinski definition) is 5. The third-order valence-corrected chi connectivity index (χ3v) is 2.89. The fraction of sp³-hybridized carbons (Fsp3) is 0.545. The van der Waals surface area contributed by atoms with Gasteiger partial charge >= 0.3 is 0 Å². The van der Waals surface area contributed by atoms with Gasteiger partial charge in [-0.15, -0.1) is 0 Å². The van der Waals surface area contributed by atoms with Crippen molar-refractivity contribution in [3.8, 4) is 0 Å². The molecule has 5 heteroatoms. The van der Waals surface area contributed by atoms with Crippen LogP contribution in [0.4, 0.5) is 11.5 Å². The first kappa shape index (κ1) is 12.7. The Kier molecular flexibility index (Phi) is 3.40. The number of nitrogens with zero attached hydrogens (tertiary/aromatic N) is 1. The van der Waals surface area contributed by atoms with Crippen LogP contribution in [0.1, 0.15) is 27.7 Å². The molecule has 0 aliphatic rings. The molecule has 0 radical (unpaired) electrons. The lowest BCUT2D eigenvalue weighted by molar-refractivity contribution is 0.0240. The summed E-state index contributed by atoms with van der Waals surface area (Å²) in [4.78, 5) is 4.01. The fourth-order valence-electron chi connectivity index (χ4n) is 1.10. The number of hydrazine groups is 1. The zero-order chi connectivity index (χ0) is 12.4. The Morgan fingerprint density at radius 3 is 2.44 bits per heavy atom. The van der Waals surface area contributed by atoms with Gasteiger partial charge in [0.05, 0.1) is 11.1 Å². The van der Waals surface area contributed by atoms with Gasteiger partial charge in [0.25, 0.3) is 0 Å². The zero-order valence-corrected chi connectivity index (χ0v) is 10.2. The van der Waals surface area contributed by atoms with Gasteiger partial charge in [-0.25, -0.2) is 10.8 Å². The van der Waals surface area contributed by atoms with Crippen molar-refractivity contribution in [3.63, 3.8) is 0 Å². The van der Waals surface area contributed by atoms with E-state index in [1.807, 2.05) is 19.9 Å². The molecule has 0 bridgehead atoms. The highest BCUT2D eigenvalue weighted by molar-refractivity contribution is 5.53. The number of aliphatic hydroxyl groups is 1. The van der Waals surface area contributed by atoms with Crippen LogP contribution >= 0.6 is 0 Å². The third kappa shape index (κ3) is 2.84. The van der Waals surface area contributed by atoms with Gasteiger partial charge in [-0.1, -0.05) is 0 Å². The van der Waals surface area contributed by atoms with Crippen LogP contribution in [0.25, 0.3) is 0 Å². The molecule has 1 heterocycles. The van der Waals surface area contributed by atoms with Crippen molar-refractivity contribution in [2.24, 2.45) is 5.84 Å². The Balaban J connectivity index is 2.88. The first-order valence-corrected chi connectivity index (χ1v) is 5.19. The SMILES string of the molecule is CC(C)(O)C(C)(C)Nc1ccnc(NN)c1. The summed E-state index contributed by atoms with van der Waals surface area (Å²) in [5, 5.41) is 13.3. The molecule has 1 aromatic heterocycles. The molecule has 0 spiro atoms. The maximum atomic E-state index is 10.0. The summed E-state index contributed by atoms with van der Waals surface area (Å²) >= 11 is 0. The van der Waals surface area contributed by atoms with E-state index in [4.69, 9.17) is 5.84 Å². The predicted molar refractivity (Wildman–Crippen MR) is 66.0 cm³/mol.